The summed E-state index contributed by atoms with van der Waals surface area (Å²) in [5, 5.41) is 0.526. The molecule has 1 aromatic carbocycles. The van der Waals surface area contributed by atoms with Crippen LogP contribution < -0.4 is 11.3 Å². The summed E-state index contributed by atoms with van der Waals surface area (Å²) in [7, 11) is 0. The fraction of sp³-hybridized carbons (Fsp3) is 0. The molecule has 0 unspecified atom stereocenters. The average molecular weight is 372 g/mol. The first-order valence-corrected chi connectivity index (χ1v) is 8.37. The Labute approximate surface area is 156 Å². The van der Waals surface area contributed by atoms with Crippen molar-refractivity contribution in [2.45, 2.75) is 0 Å². The number of carbonyl (C=O) groups excluding carboxylic acids is 1. The minimum atomic E-state index is -0.941. The van der Waals surface area contributed by atoms with Crippen molar-refractivity contribution >= 4 is 28.2 Å². The molecule has 0 atom stereocenters. The van der Waals surface area contributed by atoms with Crippen LogP contribution in [0.2, 0.25) is 0 Å². The van der Waals surface area contributed by atoms with Gasteiger partial charge in [-0.1, -0.05) is 30.3 Å². The first kappa shape index (κ1) is 16.0. The molecular formula is C20H12N4O4. The minimum absolute atomic E-state index is 0.0955. The second kappa shape index (κ2) is 5.92. The SMILES string of the molecule is NC(=O)n1cnc2c(oc3nc(-c4ccccc4)cc(-c4ccco4)c32)c1=O. The van der Waals surface area contributed by atoms with Gasteiger partial charge in [-0.15, -0.1) is 0 Å². The Bertz CT molecular complexity index is 1400. The molecule has 4 heterocycles. The summed E-state index contributed by atoms with van der Waals surface area (Å²) in [5.74, 6) is 0.577. The summed E-state index contributed by atoms with van der Waals surface area (Å²) in [5.41, 5.74) is 7.14. The topological polar surface area (TPSA) is 117 Å². The molecule has 136 valence electrons. The van der Waals surface area contributed by atoms with Gasteiger partial charge < -0.3 is 14.6 Å². The van der Waals surface area contributed by atoms with Crippen LogP contribution in [0, 0.1) is 0 Å². The molecule has 0 saturated heterocycles. The van der Waals surface area contributed by atoms with Gasteiger partial charge in [-0.05, 0) is 18.2 Å². The number of benzene rings is 1. The molecule has 1 amide bonds. The third-order valence-corrected chi connectivity index (χ3v) is 4.45. The van der Waals surface area contributed by atoms with Gasteiger partial charge in [0.25, 0.3) is 0 Å². The van der Waals surface area contributed by atoms with E-state index in [0.29, 0.717) is 27.0 Å². The molecule has 0 bridgehead atoms. The molecule has 8 heteroatoms. The van der Waals surface area contributed by atoms with Crippen LogP contribution >= 0.6 is 0 Å². The van der Waals surface area contributed by atoms with Gasteiger partial charge >= 0.3 is 11.6 Å². The smallest absolute Gasteiger partial charge is 0.327 e. The lowest BCUT2D eigenvalue weighted by Crippen LogP contribution is -2.31. The number of nitrogens with two attached hydrogens (primary N) is 1. The van der Waals surface area contributed by atoms with E-state index in [9.17, 15) is 9.59 Å². The van der Waals surface area contributed by atoms with E-state index in [1.54, 1.807) is 18.4 Å². The summed E-state index contributed by atoms with van der Waals surface area (Å²) in [6, 6.07) is 14.0. The van der Waals surface area contributed by atoms with Crippen molar-refractivity contribution in [2.24, 2.45) is 5.73 Å². The molecule has 0 radical (unpaired) electrons. The Balaban J connectivity index is 1.91. The number of furan rings is 2. The first-order chi connectivity index (χ1) is 13.6. The number of primary amides is 1. The number of carbonyl (C=O) groups is 1. The summed E-state index contributed by atoms with van der Waals surface area (Å²) in [6.07, 6.45) is 2.64. The highest BCUT2D eigenvalue weighted by molar-refractivity contribution is 6.09. The lowest BCUT2D eigenvalue weighted by Gasteiger charge is -2.05. The molecule has 8 nitrogen and oxygen atoms in total. The molecule has 5 rings (SSSR count). The standard InChI is InChI=1S/C20H12N4O4/c21-20(26)24-10-22-16-15-12(14-7-4-8-27-14)9-13(11-5-2-1-3-6-11)23-18(15)28-17(16)19(24)25/h1-10H,(H2,21,26). The monoisotopic (exact) mass is 372 g/mol. The number of fused-ring (bicyclic) bond motifs is 3. The third kappa shape index (κ3) is 2.32. The van der Waals surface area contributed by atoms with Gasteiger partial charge in [0.1, 0.15) is 17.6 Å². The van der Waals surface area contributed by atoms with E-state index in [1.807, 2.05) is 36.4 Å². The van der Waals surface area contributed by atoms with Crippen molar-refractivity contribution in [3.05, 3.63) is 71.5 Å². The summed E-state index contributed by atoms with van der Waals surface area (Å²) < 4.78 is 12.0. The molecule has 4 aromatic heterocycles. The summed E-state index contributed by atoms with van der Waals surface area (Å²) >= 11 is 0. The zero-order valence-corrected chi connectivity index (χ0v) is 14.3. The molecule has 0 aliphatic rings. The number of nitrogens with zero attached hydrogens (tertiary/aromatic N) is 3. The van der Waals surface area contributed by atoms with E-state index >= 15 is 0 Å². The lowest BCUT2D eigenvalue weighted by atomic mass is 10.0. The van der Waals surface area contributed by atoms with Crippen LogP contribution in [0.3, 0.4) is 0 Å². The van der Waals surface area contributed by atoms with Crippen LogP contribution in [0.1, 0.15) is 0 Å². The number of amides is 1. The Morgan fingerprint density at radius 3 is 2.64 bits per heavy atom. The van der Waals surface area contributed by atoms with Gasteiger partial charge in [0, 0.05) is 11.1 Å². The number of hydrogen-bond acceptors (Lipinski definition) is 6. The van der Waals surface area contributed by atoms with Gasteiger partial charge in [-0.3, -0.25) is 4.79 Å². The van der Waals surface area contributed by atoms with Crippen molar-refractivity contribution in [3.8, 4) is 22.6 Å². The Morgan fingerprint density at radius 2 is 1.93 bits per heavy atom. The highest BCUT2D eigenvalue weighted by Crippen LogP contribution is 2.36. The molecule has 0 spiro atoms. The predicted octanol–water partition coefficient (Wildman–Crippen LogP) is 3.39. The maximum absolute atomic E-state index is 12.6. The van der Waals surface area contributed by atoms with E-state index in [1.165, 1.54) is 0 Å². The third-order valence-electron chi connectivity index (χ3n) is 4.45. The van der Waals surface area contributed by atoms with Crippen molar-refractivity contribution in [3.63, 3.8) is 0 Å². The number of aromatic nitrogens is 3. The quantitative estimate of drug-likeness (QED) is 0.507. The highest BCUT2D eigenvalue weighted by Gasteiger charge is 2.22. The highest BCUT2D eigenvalue weighted by atomic mass is 16.3. The van der Waals surface area contributed by atoms with Gasteiger partial charge in [0.15, 0.2) is 0 Å². The van der Waals surface area contributed by atoms with Crippen LogP contribution in [0.5, 0.6) is 0 Å². The van der Waals surface area contributed by atoms with Crippen LogP contribution in [0.25, 0.3) is 44.8 Å². The van der Waals surface area contributed by atoms with Gasteiger partial charge in [0.2, 0.25) is 11.3 Å². The van der Waals surface area contributed by atoms with E-state index in [0.717, 1.165) is 11.9 Å². The second-order valence-corrected chi connectivity index (χ2v) is 6.12. The molecule has 0 aliphatic heterocycles. The van der Waals surface area contributed by atoms with Crippen molar-refractivity contribution in [1.82, 2.24) is 14.5 Å². The van der Waals surface area contributed by atoms with E-state index in [4.69, 9.17) is 14.6 Å². The van der Waals surface area contributed by atoms with Crippen molar-refractivity contribution < 1.29 is 13.6 Å². The van der Waals surface area contributed by atoms with E-state index in [2.05, 4.69) is 9.97 Å². The van der Waals surface area contributed by atoms with Crippen molar-refractivity contribution in [2.75, 3.05) is 0 Å². The molecular weight excluding hydrogens is 360 g/mol. The zero-order valence-electron chi connectivity index (χ0n) is 14.3. The largest absolute Gasteiger partial charge is 0.464 e. The Kier molecular flexibility index (Phi) is 3.38. The van der Waals surface area contributed by atoms with E-state index < -0.39 is 11.6 Å². The van der Waals surface area contributed by atoms with Gasteiger partial charge in [-0.2, -0.15) is 0 Å². The van der Waals surface area contributed by atoms with Crippen LogP contribution in [0.15, 0.2) is 74.8 Å². The number of hydrogen-bond donors (Lipinski definition) is 1. The molecule has 5 aromatic rings. The maximum atomic E-state index is 12.6. The predicted molar refractivity (Wildman–Crippen MR) is 102 cm³/mol. The van der Waals surface area contributed by atoms with E-state index in [-0.39, 0.29) is 16.8 Å². The van der Waals surface area contributed by atoms with Gasteiger partial charge in [-0.25, -0.2) is 19.3 Å². The zero-order chi connectivity index (χ0) is 19.3. The van der Waals surface area contributed by atoms with Crippen LogP contribution in [-0.4, -0.2) is 20.6 Å². The molecule has 28 heavy (non-hydrogen) atoms. The summed E-state index contributed by atoms with van der Waals surface area (Å²) in [4.78, 5) is 32.8. The fourth-order valence-electron chi connectivity index (χ4n) is 3.17. The van der Waals surface area contributed by atoms with Crippen LogP contribution in [0.4, 0.5) is 4.79 Å². The molecule has 0 aliphatic carbocycles. The lowest BCUT2D eigenvalue weighted by molar-refractivity contribution is 0.249. The number of pyridine rings is 1. The minimum Gasteiger partial charge on any atom is -0.464 e. The Morgan fingerprint density at radius 1 is 1.11 bits per heavy atom. The molecule has 0 fully saturated rings. The maximum Gasteiger partial charge on any atom is 0.327 e. The normalized spacial score (nSPS) is 11.3. The molecule has 0 saturated carbocycles. The Hall–Kier alpha value is -4.20. The fourth-order valence-corrected chi connectivity index (χ4v) is 3.17. The molecule has 2 N–H and O–H groups in total. The average Bonchev–Trinajstić information content (AvgIpc) is 3.36. The first-order valence-electron chi connectivity index (χ1n) is 8.37. The van der Waals surface area contributed by atoms with Crippen LogP contribution in [-0.2, 0) is 0 Å². The second-order valence-electron chi connectivity index (χ2n) is 6.12. The van der Waals surface area contributed by atoms with Gasteiger partial charge in [0.05, 0.1) is 17.3 Å². The number of rotatable bonds is 2. The summed E-state index contributed by atoms with van der Waals surface area (Å²) in [6.45, 7) is 0. The van der Waals surface area contributed by atoms with Crippen molar-refractivity contribution in [1.29, 1.82) is 0 Å².